The van der Waals surface area contributed by atoms with Crippen molar-refractivity contribution in [1.82, 2.24) is 14.9 Å². The van der Waals surface area contributed by atoms with Crippen LogP contribution < -0.4 is 11.1 Å². The summed E-state index contributed by atoms with van der Waals surface area (Å²) in [4.78, 5) is 34.7. The molecule has 1 aromatic heterocycles. The lowest BCUT2D eigenvalue weighted by Gasteiger charge is -2.19. The second-order valence-corrected chi connectivity index (χ2v) is 8.04. The van der Waals surface area contributed by atoms with Crippen molar-refractivity contribution in [1.29, 1.82) is 0 Å². The molecule has 2 fully saturated rings. The number of imidazole rings is 1. The molecule has 2 amide bonds. The molecule has 5 rings (SSSR count). The van der Waals surface area contributed by atoms with Crippen molar-refractivity contribution >= 4 is 28.5 Å². The number of fused-ring (bicyclic) bond motifs is 2. The standard InChI is InChI=1S/C22H23N5O2/c23-18-6-4-15-10-27(11-17(15)18)22(29)14-2-1-3-16(8-14)26-21(28)13-5-7-19-20(9-13)25-12-24-19/h1-3,5,7-9,12,15,17-18H,4,6,10-11,23H2,(H,24,25)(H,26,28). The van der Waals surface area contributed by atoms with E-state index in [9.17, 15) is 9.59 Å². The molecule has 3 aromatic rings. The second-order valence-electron chi connectivity index (χ2n) is 8.04. The second kappa shape index (κ2) is 7.00. The number of nitrogens with zero attached hydrogens (tertiary/aromatic N) is 2. The lowest BCUT2D eigenvalue weighted by atomic mass is 9.98. The highest BCUT2D eigenvalue weighted by molar-refractivity contribution is 6.06. The minimum Gasteiger partial charge on any atom is -0.345 e. The molecule has 7 nitrogen and oxygen atoms in total. The van der Waals surface area contributed by atoms with Gasteiger partial charge in [0.15, 0.2) is 0 Å². The Hall–Kier alpha value is -3.19. The van der Waals surface area contributed by atoms with E-state index in [1.54, 1.807) is 48.8 Å². The molecular formula is C22H23N5O2. The van der Waals surface area contributed by atoms with Gasteiger partial charge in [0.1, 0.15) is 0 Å². The molecule has 148 valence electrons. The quantitative estimate of drug-likeness (QED) is 0.640. The Morgan fingerprint density at radius 1 is 1.10 bits per heavy atom. The number of aromatic nitrogens is 2. The van der Waals surface area contributed by atoms with Crippen LogP contribution in [0.15, 0.2) is 48.8 Å². The van der Waals surface area contributed by atoms with Crippen molar-refractivity contribution < 1.29 is 9.59 Å². The average Bonchev–Trinajstić information content (AvgIpc) is 3.44. The van der Waals surface area contributed by atoms with Crippen LogP contribution >= 0.6 is 0 Å². The zero-order chi connectivity index (χ0) is 20.0. The Balaban J connectivity index is 1.30. The van der Waals surface area contributed by atoms with Crippen LogP contribution in [0.5, 0.6) is 0 Å². The highest BCUT2D eigenvalue weighted by Crippen LogP contribution is 2.37. The summed E-state index contributed by atoms with van der Waals surface area (Å²) in [5, 5.41) is 2.88. The van der Waals surface area contributed by atoms with Crippen LogP contribution in [0, 0.1) is 11.8 Å². The molecule has 0 bridgehead atoms. The zero-order valence-corrected chi connectivity index (χ0v) is 16.0. The van der Waals surface area contributed by atoms with Gasteiger partial charge in [0.05, 0.1) is 17.4 Å². The molecule has 1 saturated heterocycles. The molecule has 7 heteroatoms. The lowest BCUT2D eigenvalue weighted by Crippen LogP contribution is -2.33. The molecule has 2 heterocycles. The molecule has 3 unspecified atom stereocenters. The van der Waals surface area contributed by atoms with Gasteiger partial charge in [-0.25, -0.2) is 4.98 Å². The number of likely N-dealkylation sites (tertiary alicyclic amines) is 1. The van der Waals surface area contributed by atoms with Crippen molar-refractivity contribution in [3.8, 4) is 0 Å². The molecule has 0 radical (unpaired) electrons. The molecule has 1 aliphatic carbocycles. The van der Waals surface area contributed by atoms with E-state index in [0.717, 1.165) is 37.0 Å². The first-order valence-corrected chi connectivity index (χ1v) is 9.98. The maximum absolute atomic E-state index is 13.0. The number of H-pyrrole nitrogens is 1. The van der Waals surface area contributed by atoms with Gasteiger partial charge in [0.25, 0.3) is 11.8 Å². The fourth-order valence-electron chi connectivity index (χ4n) is 4.67. The summed E-state index contributed by atoms with van der Waals surface area (Å²) in [5.74, 6) is 0.711. The first-order chi connectivity index (χ1) is 14.1. The van der Waals surface area contributed by atoms with Crippen molar-refractivity contribution in [2.24, 2.45) is 17.6 Å². The average molecular weight is 389 g/mol. The van der Waals surface area contributed by atoms with Gasteiger partial charge in [0, 0.05) is 35.9 Å². The summed E-state index contributed by atoms with van der Waals surface area (Å²) in [6, 6.07) is 12.6. The number of amides is 2. The number of benzene rings is 2. The van der Waals surface area contributed by atoms with Crippen molar-refractivity contribution in [3.05, 3.63) is 59.9 Å². The zero-order valence-electron chi connectivity index (χ0n) is 16.0. The smallest absolute Gasteiger partial charge is 0.255 e. The van der Waals surface area contributed by atoms with Crippen LogP contribution in [0.2, 0.25) is 0 Å². The van der Waals surface area contributed by atoms with Gasteiger partial charge >= 0.3 is 0 Å². The van der Waals surface area contributed by atoms with Crippen LogP contribution in [0.4, 0.5) is 5.69 Å². The number of nitrogens with two attached hydrogens (primary N) is 1. The van der Waals surface area contributed by atoms with Crippen molar-refractivity contribution in [2.45, 2.75) is 18.9 Å². The minimum atomic E-state index is -0.229. The summed E-state index contributed by atoms with van der Waals surface area (Å²) < 4.78 is 0. The topological polar surface area (TPSA) is 104 Å². The highest BCUT2D eigenvalue weighted by atomic mass is 16.2. The van der Waals surface area contributed by atoms with Crippen molar-refractivity contribution in [2.75, 3.05) is 18.4 Å². The summed E-state index contributed by atoms with van der Waals surface area (Å²) in [6.45, 7) is 1.50. The van der Waals surface area contributed by atoms with Crippen molar-refractivity contribution in [3.63, 3.8) is 0 Å². The van der Waals surface area contributed by atoms with Crippen LogP contribution in [-0.2, 0) is 0 Å². The van der Waals surface area contributed by atoms with E-state index in [-0.39, 0.29) is 17.9 Å². The number of hydrogen-bond acceptors (Lipinski definition) is 4. The van der Waals surface area contributed by atoms with Gasteiger partial charge in [-0.1, -0.05) is 6.07 Å². The third-order valence-electron chi connectivity index (χ3n) is 6.25. The number of rotatable bonds is 3. The Morgan fingerprint density at radius 3 is 2.86 bits per heavy atom. The van der Waals surface area contributed by atoms with Crippen LogP contribution in [0.25, 0.3) is 11.0 Å². The lowest BCUT2D eigenvalue weighted by molar-refractivity contribution is 0.0779. The summed E-state index contributed by atoms with van der Waals surface area (Å²) in [7, 11) is 0. The molecule has 1 aliphatic heterocycles. The first kappa shape index (κ1) is 17.9. The third kappa shape index (κ3) is 3.27. The van der Waals surface area contributed by atoms with E-state index < -0.39 is 0 Å². The molecule has 1 saturated carbocycles. The fourth-order valence-corrected chi connectivity index (χ4v) is 4.67. The van der Waals surface area contributed by atoms with Gasteiger partial charge in [-0.3, -0.25) is 9.59 Å². The predicted octanol–water partition coefficient (Wildman–Crippen LogP) is 2.62. The van der Waals surface area contributed by atoms with Gasteiger partial charge in [-0.15, -0.1) is 0 Å². The first-order valence-electron chi connectivity index (χ1n) is 9.98. The number of anilines is 1. The normalized spacial score (nSPS) is 23.3. The van der Waals surface area contributed by atoms with Gasteiger partial charge in [0.2, 0.25) is 0 Å². The summed E-state index contributed by atoms with van der Waals surface area (Å²) in [6.07, 6.45) is 3.76. The molecule has 3 atom stereocenters. The van der Waals surface area contributed by atoms with Crippen LogP contribution in [0.3, 0.4) is 0 Å². The number of hydrogen-bond donors (Lipinski definition) is 3. The molecule has 29 heavy (non-hydrogen) atoms. The molecular weight excluding hydrogens is 366 g/mol. The minimum absolute atomic E-state index is 0.00146. The van der Waals surface area contributed by atoms with E-state index >= 15 is 0 Å². The van der Waals surface area contributed by atoms with E-state index in [4.69, 9.17) is 5.73 Å². The number of aromatic amines is 1. The summed E-state index contributed by atoms with van der Waals surface area (Å²) in [5.41, 5.74) is 9.52. The fraction of sp³-hybridized carbons (Fsp3) is 0.318. The Morgan fingerprint density at radius 2 is 2.00 bits per heavy atom. The Kier molecular flexibility index (Phi) is 4.32. The van der Waals surface area contributed by atoms with E-state index in [1.807, 2.05) is 4.90 Å². The van der Waals surface area contributed by atoms with Crippen LogP contribution in [-0.4, -0.2) is 45.8 Å². The highest BCUT2D eigenvalue weighted by Gasteiger charge is 2.42. The SMILES string of the molecule is NC1CCC2CN(C(=O)c3cccc(NC(=O)c4ccc5nc[nH]c5c4)c3)CC12. The monoisotopic (exact) mass is 389 g/mol. The molecule has 2 aliphatic rings. The molecule has 0 spiro atoms. The van der Waals surface area contributed by atoms with E-state index in [0.29, 0.717) is 28.7 Å². The largest absolute Gasteiger partial charge is 0.345 e. The Labute approximate surface area is 168 Å². The van der Waals surface area contributed by atoms with Gasteiger partial charge in [-0.05, 0) is 61.1 Å². The number of nitrogens with one attached hydrogen (secondary N) is 2. The van der Waals surface area contributed by atoms with E-state index in [2.05, 4.69) is 15.3 Å². The van der Waals surface area contributed by atoms with Gasteiger partial charge < -0.3 is 20.9 Å². The third-order valence-corrected chi connectivity index (χ3v) is 6.25. The number of carbonyl (C=O) groups is 2. The van der Waals surface area contributed by atoms with Gasteiger partial charge in [-0.2, -0.15) is 0 Å². The Bertz CT molecular complexity index is 1090. The van der Waals surface area contributed by atoms with E-state index in [1.165, 1.54) is 0 Å². The maximum atomic E-state index is 13.0. The molecule has 4 N–H and O–H groups in total. The van der Waals surface area contributed by atoms with Crippen LogP contribution in [0.1, 0.15) is 33.6 Å². The summed E-state index contributed by atoms with van der Waals surface area (Å²) >= 11 is 0. The molecule has 2 aromatic carbocycles. The maximum Gasteiger partial charge on any atom is 0.255 e. The predicted molar refractivity (Wildman–Crippen MR) is 111 cm³/mol. The number of carbonyl (C=O) groups excluding carboxylic acids is 2.